The smallest absolute Gasteiger partial charge is 0.294 e. The Balaban J connectivity index is 3.03. The second kappa shape index (κ2) is 4.59. The zero-order valence-electron chi connectivity index (χ0n) is 4.96. The molecule has 0 heterocycles. The van der Waals surface area contributed by atoms with E-state index in [-0.39, 0.29) is 0 Å². The molecular formula is C5H11NO2. The van der Waals surface area contributed by atoms with Crippen molar-refractivity contribution in [2.75, 3.05) is 0 Å². The average molecular weight is 117 g/mol. The van der Waals surface area contributed by atoms with Gasteiger partial charge in [0.15, 0.2) is 6.23 Å². The van der Waals surface area contributed by atoms with Crippen molar-refractivity contribution in [2.45, 2.75) is 26.0 Å². The molecule has 0 saturated heterocycles. The van der Waals surface area contributed by atoms with Gasteiger partial charge in [0.25, 0.3) is 6.47 Å². The van der Waals surface area contributed by atoms with Crippen molar-refractivity contribution in [3.8, 4) is 0 Å². The minimum absolute atomic E-state index is 0.375. The Labute approximate surface area is 48.8 Å². The summed E-state index contributed by atoms with van der Waals surface area (Å²) in [5.74, 6) is 0. The van der Waals surface area contributed by atoms with E-state index < -0.39 is 6.23 Å². The summed E-state index contributed by atoms with van der Waals surface area (Å²) >= 11 is 0. The van der Waals surface area contributed by atoms with Crippen LogP contribution in [0.1, 0.15) is 19.8 Å². The summed E-state index contributed by atoms with van der Waals surface area (Å²) in [7, 11) is 0. The van der Waals surface area contributed by atoms with Crippen molar-refractivity contribution in [1.29, 1.82) is 0 Å². The third-order valence-electron chi connectivity index (χ3n) is 0.804. The standard InChI is InChI=1S/C5H11NO2/c1-2-3-5(6)8-4-7/h4-5H,2-3,6H2,1H3. The first-order valence-corrected chi connectivity index (χ1v) is 2.66. The maximum atomic E-state index is 9.59. The van der Waals surface area contributed by atoms with Crippen LogP contribution in [0.25, 0.3) is 0 Å². The lowest BCUT2D eigenvalue weighted by Crippen LogP contribution is -2.22. The molecule has 3 nitrogen and oxygen atoms in total. The molecule has 1 unspecified atom stereocenters. The second-order valence-corrected chi connectivity index (χ2v) is 1.56. The number of ether oxygens (including phenoxy) is 1. The van der Waals surface area contributed by atoms with Crippen LogP contribution in [0.5, 0.6) is 0 Å². The van der Waals surface area contributed by atoms with Crippen molar-refractivity contribution in [1.82, 2.24) is 0 Å². The van der Waals surface area contributed by atoms with E-state index in [1.165, 1.54) is 0 Å². The van der Waals surface area contributed by atoms with Gasteiger partial charge in [0.05, 0.1) is 0 Å². The van der Waals surface area contributed by atoms with Crippen molar-refractivity contribution >= 4 is 6.47 Å². The molecule has 0 rings (SSSR count). The largest absolute Gasteiger partial charge is 0.449 e. The molecule has 0 spiro atoms. The Morgan fingerprint density at radius 3 is 2.88 bits per heavy atom. The van der Waals surface area contributed by atoms with Gasteiger partial charge < -0.3 is 4.74 Å². The number of hydrogen-bond donors (Lipinski definition) is 1. The summed E-state index contributed by atoms with van der Waals surface area (Å²) in [6.45, 7) is 2.36. The summed E-state index contributed by atoms with van der Waals surface area (Å²) in [6.07, 6.45) is 1.27. The van der Waals surface area contributed by atoms with Crippen LogP contribution >= 0.6 is 0 Å². The van der Waals surface area contributed by atoms with E-state index in [0.29, 0.717) is 6.47 Å². The third-order valence-corrected chi connectivity index (χ3v) is 0.804. The number of hydrogen-bond acceptors (Lipinski definition) is 3. The Morgan fingerprint density at radius 2 is 2.50 bits per heavy atom. The van der Waals surface area contributed by atoms with E-state index in [2.05, 4.69) is 4.74 Å². The highest BCUT2D eigenvalue weighted by Crippen LogP contribution is 1.91. The van der Waals surface area contributed by atoms with Crippen molar-refractivity contribution in [3.63, 3.8) is 0 Å². The molecule has 0 aliphatic rings. The quantitative estimate of drug-likeness (QED) is 0.424. The third kappa shape index (κ3) is 3.61. The lowest BCUT2D eigenvalue weighted by molar-refractivity contribution is -0.133. The number of carbonyl (C=O) groups excluding carboxylic acids is 1. The van der Waals surface area contributed by atoms with Crippen molar-refractivity contribution < 1.29 is 9.53 Å². The fourth-order valence-electron chi connectivity index (χ4n) is 0.424. The molecule has 0 bridgehead atoms. The van der Waals surface area contributed by atoms with Crippen LogP contribution in [-0.4, -0.2) is 12.7 Å². The molecular weight excluding hydrogens is 106 g/mol. The van der Waals surface area contributed by atoms with E-state index in [4.69, 9.17) is 5.73 Å². The minimum atomic E-state index is -0.405. The molecule has 0 radical (unpaired) electrons. The fraction of sp³-hybridized carbons (Fsp3) is 0.800. The van der Waals surface area contributed by atoms with Crippen LogP contribution in [0.15, 0.2) is 0 Å². The van der Waals surface area contributed by atoms with Gasteiger partial charge in [-0.3, -0.25) is 10.5 Å². The van der Waals surface area contributed by atoms with Gasteiger partial charge in [-0.05, 0) is 6.42 Å². The molecule has 0 aromatic carbocycles. The van der Waals surface area contributed by atoms with Crippen LogP contribution in [-0.2, 0) is 9.53 Å². The molecule has 8 heavy (non-hydrogen) atoms. The maximum Gasteiger partial charge on any atom is 0.294 e. The fourth-order valence-corrected chi connectivity index (χ4v) is 0.424. The van der Waals surface area contributed by atoms with Gasteiger partial charge in [0.1, 0.15) is 0 Å². The Hall–Kier alpha value is -0.570. The molecule has 0 amide bonds. The van der Waals surface area contributed by atoms with Gasteiger partial charge in [0, 0.05) is 0 Å². The highest BCUT2D eigenvalue weighted by Gasteiger charge is 1.96. The van der Waals surface area contributed by atoms with Gasteiger partial charge in [0.2, 0.25) is 0 Å². The SMILES string of the molecule is CCCC(N)OC=O. The minimum Gasteiger partial charge on any atom is -0.449 e. The summed E-state index contributed by atoms with van der Waals surface area (Å²) in [6, 6.07) is 0. The van der Waals surface area contributed by atoms with E-state index in [0.717, 1.165) is 12.8 Å². The molecule has 0 aliphatic carbocycles. The monoisotopic (exact) mass is 117 g/mol. The van der Waals surface area contributed by atoms with Crippen molar-refractivity contribution in [3.05, 3.63) is 0 Å². The Kier molecular flexibility index (Phi) is 4.26. The number of rotatable bonds is 4. The second-order valence-electron chi connectivity index (χ2n) is 1.56. The van der Waals surface area contributed by atoms with Crippen molar-refractivity contribution in [2.24, 2.45) is 5.73 Å². The zero-order chi connectivity index (χ0) is 6.41. The first-order chi connectivity index (χ1) is 3.81. The Morgan fingerprint density at radius 1 is 1.88 bits per heavy atom. The summed E-state index contributed by atoms with van der Waals surface area (Å²) in [4.78, 5) is 9.59. The molecule has 3 heteroatoms. The molecule has 48 valence electrons. The summed E-state index contributed by atoms with van der Waals surface area (Å²) in [5.41, 5.74) is 5.24. The van der Waals surface area contributed by atoms with Crippen LogP contribution < -0.4 is 5.73 Å². The van der Waals surface area contributed by atoms with Gasteiger partial charge in [-0.2, -0.15) is 0 Å². The predicted octanol–water partition coefficient (Wildman–Crippen LogP) is 0.244. The predicted molar refractivity (Wildman–Crippen MR) is 30.0 cm³/mol. The van der Waals surface area contributed by atoms with Gasteiger partial charge >= 0.3 is 0 Å². The molecule has 0 fully saturated rings. The summed E-state index contributed by atoms with van der Waals surface area (Å²) < 4.78 is 4.38. The topological polar surface area (TPSA) is 52.3 Å². The van der Waals surface area contributed by atoms with Gasteiger partial charge in [-0.15, -0.1) is 0 Å². The molecule has 0 aromatic heterocycles. The Bertz CT molecular complexity index is 65.4. The highest BCUT2D eigenvalue weighted by atomic mass is 16.5. The van der Waals surface area contributed by atoms with E-state index >= 15 is 0 Å². The molecule has 0 saturated carbocycles. The van der Waals surface area contributed by atoms with E-state index in [9.17, 15) is 4.79 Å². The van der Waals surface area contributed by atoms with Crippen LogP contribution in [0.4, 0.5) is 0 Å². The lowest BCUT2D eigenvalue weighted by Gasteiger charge is -2.05. The number of carbonyl (C=O) groups is 1. The van der Waals surface area contributed by atoms with E-state index in [1.54, 1.807) is 0 Å². The molecule has 0 aliphatic heterocycles. The van der Waals surface area contributed by atoms with Crippen LogP contribution in [0.2, 0.25) is 0 Å². The molecule has 1 atom stereocenters. The first-order valence-electron chi connectivity index (χ1n) is 2.66. The normalized spacial score (nSPS) is 12.8. The highest BCUT2D eigenvalue weighted by molar-refractivity contribution is 5.37. The first kappa shape index (κ1) is 7.43. The summed E-state index contributed by atoms with van der Waals surface area (Å²) in [5, 5.41) is 0. The lowest BCUT2D eigenvalue weighted by atomic mass is 10.3. The van der Waals surface area contributed by atoms with Crippen LogP contribution in [0.3, 0.4) is 0 Å². The van der Waals surface area contributed by atoms with Gasteiger partial charge in [-0.1, -0.05) is 13.3 Å². The van der Waals surface area contributed by atoms with Crippen LogP contribution in [0, 0.1) is 0 Å². The van der Waals surface area contributed by atoms with Gasteiger partial charge in [-0.25, -0.2) is 0 Å². The average Bonchev–Trinajstić information content (AvgIpc) is 1.68. The molecule has 0 aromatic rings. The van der Waals surface area contributed by atoms with E-state index in [1.807, 2.05) is 6.92 Å². The number of nitrogens with two attached hydrogens (primary N) is 1. The maximum absolute atomic E-state index is 9.59. The zero-order valence-corrected chi connectivity index (χ0v) is 4.96. The molecule has 2 N–H and O–H groups in total.